The number of carbonyl (C=O) groups is 1. The van der Waals surface area contributed by atoms with Crippen LogP contribution in [0.25, 0.3) is 21.8 Å². The number of rotatable bonds is 6. The average molecular weight is 379 g/mol. The number of Topliss-reactive ketones (excluding diaryl/α,β-unsaturated/α-hetero) is 1. The van der Waals surface area contributed by atoms with Crippen LogP contribution in [0.15, 0.2) is 42.5 Å². The number of ketones is 1. The molecule has 28 heavy (non-hydrogen) atoms. The van der Waals surface area contributed by atoms with Gasteiger partial charge in [-0.3, -0.25) is 9.69 Å². The smallest absolute Gasteiger partial charge is 0.182 e. The molecule has 3 aromatic rings. The normalized spacial score (nSPS) is 16.1. The number of nitrogens with zero attached hydrogens (tertiary/aromatic N) is 2. The molecule has 0 unspecified atom stereocenters. The molecule has 0 radical (unpaired) electrons. The molecular formula is C24H30N2O2. The standard InChI is InChI=1S/C24H30N2O2/c1-4-5-12-26-21-9-7-6-8-19(21)20-17-18(10-11-22(20)26)23(27)24(2,3)25-13-15-28-16-14-25/h6-11,17H,4-5,12-16H2,1-3H3. The Hall–Kier alpha value is -2.17. The van der Waals surface area contributed by atoms with Crippen molar-refractivity contribution in [2.24, 2.45) is 0 Å². The fourth-order valence-corrected chi connectivity index (χ4v) is 4.37. The van der Waals surface area contributed by atoms with Crippen LogP contribution in [0.4, 0.5) is 0 Å². The topological polar surface area (TPSA) is 34.5 Å². The molecule has 1 aromatic heterocycles. The first-order valence-corrected chi connectivity index (χ1v) is 10.4. The van der Waals surface area contributed by atoms with E-state index in [1.807, 2.05) is 19.9 Å². The summed E-state index contributed by atoms with van der Waals surface area (Å²) >= 11 is 0. The predicted octanol–water partition coefficient (Wildman–Crippen LogP) is 4.89. The van der Waals surface area contributed by atoms with E-state index in [9.17, 15) is 4.79 Å². The van der Waals surface area contributed by atoms with Crippen molar-refractivity contribution in [2.45, 2.75) is 45.7 Å². The molecular weight excluding hydrogens is 348 g/mol. The van der Waals surface area contributed by atoms with Gasteiger partial charge < -0.3 is 9.30 Å². The van der Waals surface area contributed by atoms with Gasteiger partial charge in [-0.05, 0) is 44.5 Å². The van der Waals surface area contributed by atoms with Crippen LogP contribution in [-0.4, -0.2) is 47.1 Å². The first-order valence-electron chi connectivity index (χ1n) is 10.4. The van der Waals surface area contributed by atoms with E-state index in [0.29, 0.717) is 13.2 Å². The number of ether oxygens (including phenoxy) is 1. The van der Waals surface area contributed by atoms with Crippen LogP contribution in [0, 0.1) is 0 Å². The number of morpholine rings is 1. The van der Waals surface area contributed by atoms with Crippen molar-refractivity contribution in [3.8, 4) is 0 Å². The molecule has 1 fully saturated rings. The summed E-state index contributed by atoms with van der Waals surface area (Å²) in [5, 5.41) is 2.41. The highest BCUT2D eigenvalue weighted by molar-refractivity contribution is 6.12. The molecule has 1 aliphatic rings. The Kier molecular flexibility index (Phi) is 5.26. The number of fused-ring (bicyclic) bond motifs is 3. The van der Waals surface area contributed by atoms with Crippen LogP contribution in [-0.2, 0) is 11.3 Å². The number of aryl methyl sites for hydroxylation is 1. The van der Waals surface area contributed by atoms with Crippen LogP contribution in [0.3, 0.4) is 0 Å². The molecule has 0 N–H and O–H groups in total. The molecule has 148 valence electrons. The summed E-state index contributed by atoms with van der Waals surface area (Å²) < 4.78 is 7.86. The lowest BCUT2D eigenvalue weighted by Gasteiger charge is -2.39. The minimum Gasteiger partial charge on any atom is -0.379 e. The predicted molar refractivity (Wildman–Crippen MR) is 115 cm³/mol. The van der Waals surface area contributed by atoms with E-state index < -0.39 is 5.54 Å². The Bertz CT molecular complexity index is 996. The summed E-state index contributed by atoms with van der Waals surface area (Å²) in [7, 11) is 0. The van der Waals surface area contributed by atoms with Crippen molar-refractivity contribution in [3.63, 3.8) is 0 Å². The van der Waals surface area contributed by atoms with Crippen molar-refractivity contribution >= 4 is 27.6 Å². The van der Waals surface area contributed by atoms with Crippen LogP contribution >= 0.6 is 0 Å². The Balaban J connectivity index is 1.77. The van der Waals surface area contributed by atoms with E-state index in [1.54, 1.807) is 0 Å². The second-order valence-electron chi connectivity index (χ2n) is 8.24. The van der Waals surface area contributed by atoms with Crippen molar-refractivity contribution in [3.05, 3.63) is 48.0 Å². The van der Waals surface area contributed by atoms with Gasteiger partial charge in [0.15, 0.2) is 5.78 Å². The summed E-state index contributed by atoms with van der Waals surface area (Å²) in [6, 6.07) is 14.8. The number of hydrogen-bond donors (Lipinski definition) is 0. The molecule has 4 rings (SSSR count). The van der Waals surface area contributed by atoms with Gasteiger partial charge >= 0.3 is 0 Å². The summed E-state index contributed by atoms with van der Waals surface area (Å²) in [6.07, 6.45) is 2.32. The molecule has 4 heteroatoms. The van der Waals surface area contributed by atoms with Crippen molar-refractivity contribution < 1.29 is 9.53 Å². The molecule has 2 aromatic carbocycles. The first-order chi connectivity index (χ1) is 13.5. The zero-order valence-electron chi connectivity index (χ0n) is 17.2. The average Bonchev–Trinajstić information content (AvgIpc) is 3.05. The first kappa shape index (κ1) is 19.2. The maximum Gasteiger partial charge on any atom is 0.182 e. The van der Waals surface area contributed by atoms with Gasteiger partial charge in [0.1, 0.15) is 0 Å². The Morgan fingerprint density at radius 2 is 1.75 bits per heavy atom. The molecule has 2 heterocycles. The summed E-state index contributed by atoms with van der Waals surface area (Å²) in [5.41, 5.74) is 2.73. The van der Waals surface area contributed by atoms with Crippen LogP contribution in [0.1, 0.15) is 44.0 Å². The number of benzene rings is 2. The Labute approximate surface area is 167 Å². The lowest BCUT2D eigenvalue weighted by Crippen LogP contribution is -2.54. The maximum absolute atomic E-state index is 13.4. The Morgan fingerprint density at radius 3 is 2.50 bits per heavy atom. The zero-order valence-corrected chi connectivity index (χ0v) is 17.2. The van der Waals surface area contributed by atoms with Gasteiger partial charge in [-0.1, -0.05) is 31.5 Å². The minimum absolute atomic E-state index is 0.182. The van der Waals surface area contributed by atoms with E-state index in [0.717, 1.165) is 38.0 Å². The van der Waals surface area contributed by atoms with Gasteiger partial charge in [0.05, 0.1) is 18.8 Å². The Morgan fingerprint density at radius 1 is 1.04 bits per heavy atom. The molecule has 0 spiro atoms. The lowest BCUT2D eigenvalue weighted by atomic mass is 9.90. The van der Waals surface area contributed by atoms with E-state index in [2.05, 4.69) is 52.8 Å². The summed E-state index contributed by atoms with van der Waals surface area (Å²) in [4.78, 5) is 15.7. The number of hydrogen-bond acceptors (Lipinski definition) is 3. The second-order valence-corrected chi connectivity index (χ2v) is 8.24. The van der Waals surface area contributed by atoms with Gasteiger partial charge in [0.25, 0.3) is 0 Å². The van der Waals surface area contributed by atoms with E-state index in [-0.39, 0.29) is 5.78 Å². The highest BCUT2D eigenvalue weighted by Gasteiger charge is 2.36. The highest BCUT2D eigenvalue weighted by Crippen LogP contribution is 2.32. The van der Waals surface area contributed by atoms with E-state index >= 15 is 0 Å². The third kappa shape index (κ3) is 3.25. The van der Waals surface area contributed by atoms with Gasteiger partial charge in [-0.2, -0.15) is 0 Å². The molecule has 0 saturated carbocycles. The summed E-state index contributed by atoms with van der Waals surface area (Å²) in [6.45, 7) is 10.3. The minimum atomic E-state index is -0.530. The van der Waals surface area contributed by atoms with E-state index in [4.69, 9.17) is 4.74 Å². The number of aromatic nitrogens is 1. The molecule has 4 nitrogen and oxygen atoms in total. The van der Waals surface area contributed by atoms with Gasteiger partial charge in [0, 0.05) is 47.0 Å². The van der Waals surface area contributed by atoms with Crippen molar-refractivity contribution in [2.75, 3.05) is 26.3 Å². The third-order valence-corrected chi connectivity index (χ3v) is 6.13. The zero-order chi connectivity index (χ0) is 19.7. The number of carbonyl (C=O) groups excluding carboxylic acids is 1. The lowest BCUT2D eigenvalue weighted by molar-refractivity contribution is -0.00429. The molecule has 0 atom stereocenters. The monoisotopic (exact) mass is 378 g/mol. The van der Waals surface area contributed by atoms with Crippen LogP contribution in [0.2, 0.25) is 0 Å². The van der Waals surface area contributed by atoms with Gasteiger partial charge in [-0.15, -0.1) is 0 Å². The summed E-state index contributed by atoms with van der Waals surface area (Å²) in [5.74, 6) is 0.182. The van der Waals surface area contributed by atoms with Gasteiger partial charge in [-0.25, -0.2) is 0 Å². The molecule has 0 amide bonds. The molecule has 1 aliphatic heterocycles. The maximum atomic E-state index is 13.4. The van der Waals surface area contributed by atoms with Crippen LogP contribution < -0.4 is 0 Å². The van der Waals surface area contributed by atoms with Crippen molar-refractivity contribution in [1.82, 2.24) is 9.47 Å². The third-order valence-electron chi connectivity index (χ3n) is 6.13. The van der Waals surface area contributed by atoms with Crippen molar-refractivity contribution in [1.29, 1.82) is 0 Å². The van der Waals surface area contributed by atoms with E-state index in [1.165, 1.54) is 21.8 Å². The van der Waals surface area contributed by atoms with Crippen LogP contribution in [0.5, 0.6) is 0 Å². The fraction of sp³-hybridized carbons (Fsp3) is 0.458. The number of para-hydroxylation sites is 1. The number of unbranched alkanes of at least 4 members (excludes halogenated alkanes) is 1. The SMILES string of the molecule is CCCCn1c2ccccc2c2cc(C(=O)C(C)(C)N3CCOCC3)ccc21. The quantitative estimate of drug-likeness (QED) is 0.573. The molecule has 0 aliphatic carbocycles. The molecule has 1 saturated heterocycles. The van der Waals surface area contributed by atoms with Gasteiger partial charge in [0.2, 0.25) is 0 Å². The second kappa shape index (κ2) is 7.69. The molecule has 0 bridgehead atoms. The fourth-order valence-electron chi connectivity index (χ4n) is 4.37. The largest absolute Gasteiger partial charge is 0.379 e. The highest BCUT2D eigenvalue weighted by atomic mass is 16.5.